The standard InChI is InChI=1S/C21H21N3O4/c1-13-6-14(2)8-17(7-13)24-21(26)16(11-22)9-15-4-5-18(19(10-15)27-3)28-12-20(23)25/h4-10H,12H2,1-3H3,(H2,23,25)(H,24,26). The van der Waals surface area contributed by atoms with Crippen LogP contribution in [0.4, 0.5) is 5.69 Å². The van der Waals surface area contributed by atoms with Gasteiger partial charge in [-0.2, -0.15) is 5.26 Å². The summed E-state index contributed by atoms with van der Waals surface area (Å²) in [6.07, 6.45) is 1.44. The van der Waals surface area contributed by atoms with Gasteiger partial charge in [-0.1, -0.05) is 12.1 Å². The fraction of sp³-hybridized carbons (Fsp3) is 0.190. The van der Waals surface area contributed by atoms with Crippen molar-refractivity contribution in [2.24, 2.45) is 5.73 Å². The molecule has 7 heteroatoms. The van der Waals surface area contributed by atoms with Crippen molar-refractivity contribution in [3.8, 4) is 17.6 Å². The van der Waals surface area contributed by atoms with Gasteiger partial charge in [0.15, 0.2) is 18.1 Å². The van der Waals surface area contributed by atoms with Gasteiger partial charge in [0.05, 0.1) is 7.11 Å². The summed E-state index contributed by atoms with van der Waals surface area (Å²) in [4.78, 5) is 23.3. The van der Waals surface area contributed by atoms with E-state index in [1.165, 1.54) is 13.2 Å². The van der Waals surface area contributed by atoms with Crippen molar-refractivity contribution < 1.29 is 19.1 Å². The molecule has 0 aliphatic heterocycles. The maximum absolute atomic E-state index is 12.5. The molecule has 0 aliphatic carbocycles. The molecule has 3 N–H and O–H groups in total. The highest BCUT2D eigenvalue weighted by Crippen LogP contribution is 2.29. The minimum atomic E-state index is -0.610. The zero-order valence-electron chi connectivity index (χ0n) is 15.9. The third-order valence-electron chi connectivity index (χ3n) is 3.71. The molecule has 0 saturated heterocycles. The van der Waals surface area contributed by atoms with Crippen LogP contribution in [0, 0.1) is 25.2 Å². The third-order valence-corrected chi connectivity index (χ3v) is 3.71. The molecule has 0 atom stereocenters. The summed E-state index contributed by atoms with van der Waals surface area (Å²) in [5.74, 6) is -0.444. The van der Waals surface area contributed by atoms with Gasteiger partial charge in [0.1, 0.15) is 11.6 Å². The molecule has 2 amide bonds. The Morgan fingerprint density at radius 1 is 1.14 bits per heavy atom. The number of carbonyl (C=O) groups excluding carboxylic acids is 2. The van der Waals surface area contributed by atoms with E-state index in [2.05, 4.69) is 5.32 Å². The summed E-state index contributed by atoms with van der Waals surface area (Å²) in [5.41, 5.74) is 8.21. The van der Waals surface area contributed by atoms with E-state index in [9.17, 15) is 14.9 Å². The molecule has 0 heterocycles. The molecule has 0 aliphatic rings. The van der Waals surface area contributed by atoms with Gasteiger partial charge < -0.3 is 20.5 Å². The smallest absolute Gasteiger partial charge is 0.266 e. The molecule has 0 unspecified atom stereocenters. The topological polar surface area (TPSA) is 114 Å². The maximum atomic E-state index is 12.5. The Labute approximate surface area is 163 Å². The summed E-state index contributed by atoms with van der Waals surface area (Å²) in [5, 5.41) is 12.1. The van der Waals surface area contributed by atoms with Crippen LogP contribution in [0.5, 0.6) is 11.5 Å². The number of aryl methyl sites for hydroxylation is 2. The minimum Gasteiger partial charge on any atom is -0.493 e. The lowest BCUT2D eigenvalue weighted by Gasteiger charge is -2.10. The molecule has 2 aromatic carbocycles. The van der Waals surface area contributed by atoms with Gasteiger partial charge in [0, 0.05) is 5.69 Å². The van der Waals surface area contributed by atoms with Crippen LogP contribution in [0.3, 0.4) is 0 Å². The average molecular weight is 379 g/mol. The third kappa shape index (κ3) is 5.61. The number of methoxy groups -OCH3 is 1. The molecular weight excluding hydrogens is 358 g/mol. The number of anilines is 1. The highest BCUT2D eigenvalue weighted by Gasteiger charge is 2.12. The fourth-order valence-electron chi connectivity index (χ4n) is 2.60. The van der Waals surface area contributed by atoms with Gasteiger partial charge in [-0.05, 0) is 60.9 Å². The largest absolute Gasteiger partial charge is 0.493 e. The highest BCUT2D eigenvalue weighted by molar-refractivity contribution is 6.09. The first-order valence-electron chi connectivity index (χ1n) is 8.43. The Morgan fingerprint density at radius 3 is 2.39 bits per heavy atom. The van der Waals surface area contributed by atoms with Crippen molar-refractivity contribution >= 4 is 23.6 Å². The number of ether oxygens (including phenoxy) is 2. The molecule has 7 nitrogen and oxygen atoms in total. The monoisotopic (exact) mass is 379 g/mol. The molecule has 2 rings (SSSR count). The second kappa shape index (κ2) is 9.24. The van der Waals surface area contributed by atoms with Gasteiger partial charge in [0.2, 0.25) is 0 Å². The number of primary amides is 1. The van der Waals surface area contributed by atoms with Crippen molar-refractivity contribution in [1.29, 1.82) is 5.26 Å². The maximum Gasteiger partial charge on any atom is 0.266 e. The number of nitrogens with one attached hydrogen (secondary N) is 1. The van der Waals surface area contributed by atoms with Gasteiger partial charge in [-0.15, -0.1) is 0 Å². The molecule has 28 heavy (non-hydrogen) atoms. The number of benzene rings is 2. The number of nitrogens with two attached hydrogens (primary N) is 1. The van der Waals surface area contributed by atoms with E-state index in [1.807, 2.05) is 38.1 Å². The molecule has 2 aromatic rings. The molecule has 0 spiro atoms. The highest BCUT2D eigenvalue weighted by atomic mass is 16.5. The van der Waals surface area contributed by atoms with Crippen molar-refractivity contribution in [2.45, 2.75) is 13.8 Å². The van der Waals surface area contributed by atoms with E-state index >= 15 is 0 Å². The zero-order valence-corrected chi connectivity index (χ0v) is 15.9. The van der Waals surface area contributed by atoms with Crippen molar-refractivity contribution in [3.63, 3.8) is 0 Å². The summed E-state index contributed by atoms with van der Waals surface area (Å²) in [6.45, 7) is 3.57. The van der Waals surface area contributed by atoms with Crippen molar-refractivity contribution in [2.75, 3.05) is 19.0 Å². The Balaban J connectivity index is 2.24. The van der Waals surface area contributed by atoms with Gasteiger partial charge >= 0.3 is 0 Å². The zero-order chi connectivity index (χ0) is 20.7. The predicted octanol–water partition coefficient (Wildman–Crippen LogP) is 2.72. The number of hydrogen-bond donors (Lipinski definition) is 2. The Kier molecular flexibility index (Phi) is 6.77. The Bertz CT molecular complexity index is 954. The van der Waals surface area contributed by atoms with Crippen LogP contribution >= 0.6 is 0 Å². The van der Waals surface area contributed by atoms with Gasteiger partial charge in [0.25, 0.3) is 11.8 Å². The van der Waals surface area contributed by atoms with E-state index in [0.717, 1.165) is 11.1 Å². The molecule has 0 radical (unpaired) electrons. The quantitative estimate of drug-likeness (QED) is 0.567. The van der Waals surface area contributed by atoms with E-state index in [4.69, 9.17) is 15.2 Å². The SMILES string of the molecule is COc1cc(C=C(C#N)C(=O)Nc2cc(C)cc(C)c2)ccc1OCC(N)=O. The van der Waals surface area contributed by atoms with Crippen LogP contribution in [-0.2, 0) is 9.59 Å². The second-order valence-corrected chi connectivity index (χ2v) is 6.17. The van der Waals surface area contributed by atoms with Gasteiger partial charge in [-0.25, -0.2) is 0 Å². The second-order valence-electron chi connectivity index (χ2n) is 6.17. The van der Waals surface area contributed by atoms with E-state index < -0.39 is 11.8 Å². The van der Waals surface area contributed by atoms with E-state index in [0.29, 0.717) is 22.7 Å². The fourth-order valence-corrected chi connectivity index (χ4v) is 2.60. The summed E-state index contributed by atoms with van der Waals surface area (Å²) >= 11 is 0. The van der Waals surface area contributed by atoms with E-state index in [1.54, 1.807) is 18.2 Å². The lowest BCUT2D eigenvalue weighted by molar-refractivity contribution is -0.120. The van der Waals surface area contributed by atoms with Crippen LogP contribution in [-0.4, -0.2) is 25.5 Å². The van der Waals surface area contributed by atoms with Crippen LogP contribution in [0.15, 0.2) is 42.0 Å². The van der Waals surface area contributed by atoms with E-state index in [-0.39, 0.29) is 12.2 Å². The molecule has 0 aromatic heterocycles. The molecule has 0 bridgehead atoms. The molecule has 144 valence electrons. The van der Waals surface area contributed by atoms with Gasteiger partial charge in [-0.3, -0.25) is 9.59 Å². The minimum absolute atomic E-state index is 0.0629. The first-order valence-corrected chi connectivity index (χ1v) is 8.43. The van der Waals surface area contributed by atoms with Crippen LogP contribution in [0.25, 0.3) is 6.08 Å². The van der Waals surface area contributed by atoms with Crippen molar-refractivity contribution in [3.05, 3.63) is 58.7 Å². The first kappa shape index (κ1) is 20.5. The number of carbonyl (C=O) groups is 2. The van der Waals surface area contributed by atoms with Crippen LogP contribution in [0.1, 0.15) is 16.7 Å². The Hall–Kier alpha value is -3.79. The number of amides is 2. The summed E-state index contributed by atoms with van der Waals surface area (Å²) < 4.78 is 10.5. The predicted molar refractivity (Wildman–Crippen MR) is 106 cm³/mol. The lowest BCUT2D eigenvalue weighted by Crippen LogP contribution is -2.20. The number of hydrogen-bond acceptors (Lipinski definition) is 5. The van der Waals surface area contributed by atoms with Crippen LogP contribution in [0.2, 0.25) is 0 Å². The van der Waals surface area contributed by atoms with Crippen LogP contribution < -0.4 is 20.5 Å². The number of nitriles is 1. The normalized spacial score (nSPS) is 10.7. The summed E-state index contributed by atoms with van der Waals surface area (Å²) in [6, 6.07) is 12.4. The molecule has 0 fully saturated rings. The lowest BCUT2D eigenvalue weighted by atomic mass is 10.1. The molecule has 0 saturated carbocycles. The summed E-state index contributed by atoms with van der Waals surface area (Å²) in [7, 11) is 1.44. The molecular formula is C21H21N3O4. The average Bonchev–Trinajstić information content (AvgIpc) is 2.63. The number of nitrogens with zero attached hydrogens (tertiary/aromatic N) is 1. The first-order chi connectivity index (χ1) is 13.3. The number of rotatable bonds is 7. The Morgan fingerprint density at radius 2 is 1.82 bits per heavy atom. The van der Waals surface area contributed by atoms with Crippen molar-refractivity contribution in [1.82, 2.24) is 0 Å².